The van der Waals surface area contributed by atoms with Gasteiger partial charge < -0.3 is 0 Å². The lowest BCUT2D eigenvalue weighted by molar-refractivity contribution is -0.123. The van der Waals surface area contributed by atoms with Crippen LogP contribution in [0.4, 0.5) is 0 Å². The van der Waals surface area contributed by atoms with Crippen molar-refractivity contribution in [2.24, 2.45) is 28.7 Å². The van der Waals surface area contributed by atoms with Gasteiger partial charge in [0.05, 0.1) is 5.70 Å². The van der Waals surface area contributed by atoms with Gasteiger partial charge in [-0.15, -0.1) is 0 Å². The molecule has 3 unspecified atom stereocenters. The van der Waals surface area contributed by atoms with Gasteiger partial charge in [0, 0.05) is 34.2 Å². The Kier molecular flexibility index (Phi) is 10.7. The molecule has 0 spiro atoms. The number of rotatable bonds is 11. The van der Waals surface area contributed by atoms with Crippen LogP contribution in [0.5, 0.6) is 0 Å². The third-order valence-corrected chi connectivity index (χ3v) is 9.57. The number of aryl methyl sites for hydroxylation is 1. The van der Waals surface area contributed by atoms with E-state index < -0.39 is 0 Å². The minimum absolute atomic E-state index is 0.252. The highest BCUT2D eigenvalue weighted by Gasteiger charge is 2.35. The monoisotopic (exact) mass is 575 g/mol. The van der Waals surface area contributed by atoms with Crippen LogP contribution in [0.15, 0.2) is 65.7 Å². The fourth-order valence-corrected chi connectivity index (χ4v) is 7.38. The number of Topliss-reactive ketones (excluding diaryl/α,β-unsaturated/α-hetero) is 1. The van der Waals surface area contributed by atoms with Crippen LogP contribution in [0.1, 0.15) is 93.7 Å². The molecule has 0 bridgehead atoms. The Balaban J connectivity index is 1.08. The van der Waals surface area contributed by atoms with Gasteiger partial charge in [0.15, 0.2) is 0 Å². The second-order valence-electron chi connectivity index (χ2n) is 12.2. The van der Waals surface area contributed by atoms with E-state index in [1.165, 1.54) is 68.1 Å². The summed E-state index contributed by atoms with van der Waals surface area (Å²) >= 11 is 12.3. The topological polar surface area (TPSA) is 29.4 Å². The van der Waals surface area contributed by atoms with Gasteiger partial charge in [-0.1, -0.05) is 78.9 Å². The average molecular weight is 577 g/mol. The summed E-state index contributed by atoms with van der Waals surface area (Å²) in [5, 5.41) is 1.38. The molecule has 4 heteroatoms. The van der Waals surface area contributed by atoms with Gasteiger partial charge in [-0.2, -0.15) is 0 Å². The molecule has 5 rings (SSSR count). The first kappa shape index (κ1) is 29.3. The number of aliphatic imine (C=N–C) groups is 1. The van der Waals surface area contributed by atoms with E-state index in [1.807, 2.05) is 18.3 Å². The molecule has 3 aliphatic rings. The first-order valence-electron chi connectivity index (χ1n) is 15.5. The van der Waals surface area contributed by atoms with Crippen molar-refractivity contribution in [2.75, 3.05) is 0 Å². The molecule has 3 atom stereocenters. The summed E-state index contributed by atoms with van der Waals surface area (Å²) in [5.74, 6) is 2.72. The van der Waals surface area contributed by atoms with Crippen molar-refractivity contribution in [3.8, 4) is 0 Å². The minimum atomic E-state index is 0.252. The van der Waals surface area contributed by atoms with Gasteiger partial charge in [-0.3, -0.25) is 9.79 Å². The maximum atomic E-state index is 13.2. The lowest BCUT2D eigenvalue weighted by Crippen LogP contribution is -2.17. The van der Waals surface area contributed by atoms with Crippen molar-refractivity contribution in [2.45, 2.75) is 89.9 Å². The SMILES string of the molecule is O=C(CCCC1CCCC(/C=C2/N=C\C=C\Cc3ccccc32)CC1)C(CCCc1cc(Cl)cc(Cl)c1)C1CC1. The maximum absolute atomic E-state index is 13.2. The molecule has 40 heavy (non-hydrogen) atoms. The Bertz CT molecular complexity index is 1220. The number of fused-ring (bicyclic) bond motifs is 1. The summed E-state index contributed by atoms with van der Waals surface area (Å²) in [6.07, 6.45) is 24.3. The zero-order valence-corrected chi connectivity index (χ0v) is 25.2. The highest BCUT2D eigenvalue weighted by molar-refractivity contribution is 6.34. The Labute approximate surface area is 251 Å². The normalized spacial score (nSPS) is 24.4. The molecule has 0 saturated heterocycles. The number of hydrogen-bond acceptors (Lipinski definition) is 2. The number of benzene rings is 2. The number of ketones is 1. The van der Waals surface area contributed by atoms with Crippen molar-refractivity contribution in [3.05, 3.63) is 87.4 Å². The first-order chi connectivity index (χ1) is 19.5. The molecule has 1 aliphatic heterocycles. The Hall–Kier alpha value is -2.16. The number of halogens is 2. The zero-order valence-electron chi connectivity index (χ0n) is 23.7. The molecule has 2 aromatic rings. The van der Waals surface area contributed by atoms with E-state index in [9.17, 15) is 4.79 Å². The van der Waals surface area contributed by atoms with Crippen LogP contribution < -0.4 is 0 Å². The Morgan fingerprint density at radius 1 is 0.975 bits per heavy atom. The molecule has 0 amide bonds. The quantitative estimate of drug-likeness (QED) is 0.245. The van der Waals surface area contributed by atoms with E-state index in [-0.39, 0.29) is 5.92 Å². The number of hydrogen-bond donors (Lipinski definition) is 0. The number of allylic oxidation sites excluding steroid dienone is 3. The molecular formula is C36H43Cl2NO. The summed E-state index contributed by atoms with van der Waals surface area (Å²) < 4.78 is 0. The van der Waals surface area contributed by atoms with E-state index in [0.717, 1.165) is 50.1 Å². The lowest BCUT2D eigenvalue weighted by atomic mass is 9.87. The molecule has 0 aromatic heterocycles. The molecule has 2 aromatic carbocycles. The summed E-state index contributed by atoms with van der Waals surface area (Å²) in [7, 11) is 0. The molecule has 2 fully saturated rings. The van der Waals surface area contributed by atoms with E-state index in [1.54, 1.807) is 6.07 Å². The van der Waals surface area contributed by atoms with E-state index in [4.69, 9.17) is 28.2 Å². The van der Waals surface area contributed by atoms with Gasteiger partial charge in [-0.05, 0) is 117 Å². The van der Waals surface area contributed by atoms with E-state index >= 15 is 0 Å². The molecule has 212 valence electrons. The number of carbonyl (C=O) groups excluding carboxylic acids is 1. The molecule has 2 nitrogen and oxygen atoms in total. The number of nitrogens with zero attached hydrogens (tertiary/aromatic N) is 1. The lowest BCUT2D eigenvalue weighted by Gasteiger charge is -2.17. The fraction of sp³-hybridized carbons (Fsp3) is 0.500. The van der Waals surface area contributed by atoms with Gasteiger partial charge >= 0.3 is 0 Å². The maximum Gasteiger partial charge on any atom is 0.136 e. The van der Waals surface area contributed by atoms with Crippen molar-refractivity contribution in [1.82, 2.24) is 0 Å². The first-order valence-corrected chi connectivity index (χ1v) is 16.3. The van der Waals surface area contributed by atoms with E-state index in [2.05, 4.69) is 42.5 Å². The summed E-state index contributed by atoms with van der Waals surface area (Å²) in [5.41, 5.74) is 4.95. The van der Waals surface area contributed by atoms with Crippen molar-refractivity contribution >= 4 is 40.9 Å². The van der Waals surface area contributed by atoms with Crippen molar-refractivity contribution < 1.29 is 4.79 Å². The molecule has 2 aliphatic carbocycles. The summed E-state index contributed by atoms with van der Waals surface area (Å²) in [4.78, 5) is 18.1. The van der Waals surface area contributed by atoms with Gasteiger partial charge in [0.2, 0.25) is 0 Å². The van der Waals surface area contributed by atoms with E-state index in [0.29, 0.717) is 27.7 Å². The van der Waals surface area contributed by atoms with Crippen molar-refractivity contribution in [1.29, 1.82) is 0 Å². The Morgan fingerprint density at radius 2 is 1.80 bits per heavy atom. The smallest absolute Gasteiger partial charge is 0.136 e. The third kappa shape index (κ3) is 8.67. The minimum Gasteiger partial charge on any atom is -0.299 e. The predicted octanol–water partition coefficient (Wildman–Crippen LogP) is 10.5. The van der Waals surface area contributed by atoms with Crippen LogP contribution in [0.2, 0.25) is 10.0 Å². The summed E-state index contributed by atoms with van der Waals surface area (Å²) in [6.45, 7) is 0. The summed E-state index contributed by atoms with van der Waals surface area (Å²) in [6, 6.07) is 14.5. The van der Waals surface area contributed by atoms with Crippen LogP contribution in [-0.4, -0.2) is 12.0 Å². The van der Waals surface area contributed by atoms with Crippen molar-refractivity contribution in [3.63, 3.8) is 0 Å². The van der Waals surface area contributed by atoms with Crippen LogP contribution in [-0.2, 0) is 17.6 Å². The highest BCUT2D eigenvalue weighted by atomic mass is 35.5. The third-order valence-electron chi connectivity index (χ3n) is 9.14. The molecule has 0 N–H and O–H groups in total. The van der Waals surface area contributed by atoms with Gasteiger partial charge in [-0.25, -0.2) is 0 Å². The molecule has 2 saturated carbocycles. The average Bonchev–Trinajstić information content (AvgIpc) is 3.77. The van der Waals surface area contributed by atoms with Crippen LogP contribution in [0, 0.1) is 23.7 Å². The van der Waals surface area contributed by atoms with Gasteiger partial charge in [0.1, 0.15) is 5.78 Å². The number of carbonyl (C=O) groups is 1. The van der Waals surface area contributed by atoms with Crippen LogP contribution in [0.25, 0.3) is 5.70 Å². The Morgan fingerprint density at radius 3 is 2.62 bits per heavy atom. The highest BCUT2D eigenvalue weighted by Crippen LogP contribution is 2.41. The fourth-order valence-electron chi connectivity index (χ4n) is 6.81. The zero-order chi connectivity index (χ0) is 27.7. The molecule has 0 radical (unpaired) electrons. The van der Waals surface area contributed by atoms with Gasteiger partial charge in [0.25, 0.3) is 0 Å². The standard InChI is InChI=1S/C36H43Cl2NO/c37-31-22-28(23-32(38)25-31)11-6-15-34(30-19-20-30)36(40)16-7-9-26-8-5-10-27(18-17-26)24-35-33-14-2-1-12-29(33)13-3-4-21-39-35/h1-4,12,14,21-27,30,34H,5-11,13,15-20H2/b4-3+,35-24+,39-21-. The van der Waals surface area contributed by atoms with Crippen LogP contribution in [0.3, 0.4) is 0 Å². The predicted molar refractivity (Wildman–Crippen MR) is 170 cm³/mol. The second kappa shape index (κ2) is 14.6. The molecular weight excluding hydrogens is 533 g/mol. The largest absolute Gasteiger partial charge is 0.299 e. The second-order valence-corrected chi connectivity index (χ2v) is 13.1. The molecule has 1 heterocycles. The van der Waals surface area contributed by atoms with Crippen LogP contribution >= 0.6 is 23.2 Å².